The molecule has 1 rings (SSSR count). The maximum absolute atomic E-state index is 9.63. The minimum atomic E-state index is -1.34. The molecule has 0 amide bonds. The van der Waals surface area contributed by atoms with Crippen molar-refractivity contribution in [1.82, 2.24) is 0 Å². The van der Waals surface area contributed by atoms with E-state index < -0.39 is 37.3 Å². The molecule has 0 saturated carbocycles. The van der Waals surface area contributed by atoms with Crippen LogP contribution in [0.3, 0.4) is 0 Å². The van der Waals surface area contributed by atoms with E-state index in [2.05, 4.69) is 0 Å². The van der Waals surface area contributed by atoms with Gasteiger partial charge in [-0.1, -0.05) is 0 Å². The molecule has 0 aromatic heterocycles. The third-order valence-corrected chi connectivity index (χ3v) is 2.27. The van der Waals surface area contributed by atoms with Crippen LogP contribution in [0.1, 0.15) is 13.8 Å². The van der Waals surface area contributed by atoms with Gasteiger partial charge in [0.2, 0.25) is 0 Å². The summed E-state index contributed by atoms with van der Waals surface area (Å²) in [5.74, 6) is 0. The number of rotatable bonds is 3. The second kappa shape index (κ2) is 5.20. The van der Waals surface area contributed by atoms with Crippen LogP contribution in [-0.2, 0) is 9.47 Å². The lowest BCUT2D eigenvalue weighted by Crippen LogP contribution is -2.59. The third-order valence-electron chi connectivity index (χ3n) is 2.27. The topological polar surface area (TPSA) is 99.4 Å². The van der Waals surface area contributed by atoms with Crippen molar-refractivity contribution in [2.45, 2.75) is 50.7 Å². The maximum Gasteiger partial charge on any atom is 0.184 e. The van der Waals surface area contributed by atoms with Gasteiger partial charge < -0.3 is 29.9 Å². The highest BCUT2D eigenvalue weighted by molar-refractivity contribution is 4.89. The van der Waals surface area contributed by atoms with Gasteiger partial charge >= 0.3 is 0 Å². The number of aliphatic hydroxyl groups excluding tert-OH is 4. The smallest absolute Gasteiger partial charge is 0.184 e. The quantitative estimate of drug-likeness (QED) is 0.450. The van der Waals surface area contributed by atoms with Crippen LogP contribution in [0.4, 0.5) is 0 Å². The van der Waals surface area contributed by atoms with E-state index in [4.69, 9.17) is 14.6 Å². The molecule has 90 valence electrons. The van der Waals surface area contributed by atoms with Crippen LogP contribution >= 0.6 is 0 Å². The molecule has 0 unspecified atom stereocenters. The van der Waals surface area contributed by atoms with Crippen LogP contribution in [0.25, 0.3) is 0 Å². The van der Waals surface area contributed by atoms with Crippen molar-refractivity contribution in [2.75, 3.05) is 6.61 Å². The van der Waals surface area contributed by atoms with E-state index in [-0.39, 0.29) is 6.10 Å². The van der Waals surface area contributed by atoms with E-state index in [0.717, 1.165) is 0 Å². The molecule has 6 nitrogen and oxygen atoms in total. The highest BCUT2D eigenvalue weighted by Crippen LogP contribution is 2.22. The third kappa shape index (κ3) is 2.87. The van der Waals surface area contributed by atoms with Gasteiger partial charge in [-0.2, -0.15) is 0 Å². The zero-order valence-corrected chi connectivity index (χ0v) is 8.78. The van der Waals surface area contributed by atoms with Crippen LogP contribution in [-0.4, -0.2) is 63.8 Å². The van der Waals surface area contributed by atoms with E-state index in [1.165, 1.54) is 0 Å². The summed E-state index contributed by atoms with van der Waals surface area (Å²) in [4.78, 5) is 0. The van der Waals surface area contributed by atoms with Crippen molar-refractivity contribution >= 4 is 0 Å². The van der Waals surface area contributed by atoms with Crippen molar-refractivity contribution in [3.05, 3.63) is 0 Å². The molecule has 0 aromatic rings. The molecule has 5 atom stereocenters. The number of hydrogen-bond donors (Lipinski definition) is 4. The van der Waals surface area contributed by atoms with Gasteiger partial charge in [0, 0.05) is 0 Å². The first-order valence-electron chi connectivity index (χ1n) is 4.93. The first-order valence-corrected chi connectivity index (χ1v) is 4.93. The van der Waals surface area contributed by atoms with Gasteiger partial charge in [-0.3, -0.25) is 0 Å². The van der Waals surface area contributed by atoms with Gasteiger partial charge in [0.25, 0.3) is 0 Å². The van der Waals surface area contributed by atoms with E-state index in [9.17, 15) is 15.3 Å². The predicted molar refractivity (Wildman–Crippen MR) is 50.0 cm³/mol. The maximum atomic E-state index is 9.63. The fourth-order valence-corrected chi connectivity index (χ4v) is 1.53. The molecule has 1 saturated heterocycles. The van der Waals surface area contributed by atoms with Crippen molar-refractivity contribution in [3.63, 3.8) is 0 Å². The molecule has 0 radical (unpaired) electrons. The van der Waals surface area contributed by atoms with Crippen molar-refractivity contribution in [1.29, 1.82) is 0 Å². The van der Waals surface area contributed by atoms with Gasteiger partial charge in [-0.15, -0.1) is 0 Å². The van der Waals surface area contributed by atoms with Gasteiger partial charge in [0.15, 0.2) is 6.29 Å². The van der Waals surface area contributed by atoms with Crippen molar-refractivity contribution in [2.24, 2.45) is 0 Å². The number of ether oxygens (including phenoxy) is 2. The lowest BCUT2D eigenvalue weighted by Gasteiger charge is -2.40. The Kier molecular flexibility index (Phi) is 4.45. The van der Waals surface area contributed by atoms with Crippen LogP contribution < -0.4 is 0 Å². The Morgan fingerprint density at radius 2 is 1.80 bits per heavy atom. The standard InChI is InChI=1S/C9H18O6/c1-4(2)14-8-7(12)6(11)5(3-10)15-9(8)13/h4-13H,3H2,1-2H3/t5-,6+,7+,8-,9-/m1/s1. The average Bonchev–Trinajstić information content (AvgIpc) is 2.18. The summed E-state index contributed by atoms with van der Waals surface area (Å²) in [6.07, 6.45) is -6.07. The van der Waals surface area contributed by atoms with Gasteiger partial charge in [-0.25, -0.2) is 0 Å². The molecule has 15 heavy (non-hydrogen) atoms. The zero-order valence-electron chi connectivity index (χ0n) is 8.78. The second-order valence-electron chi connectivity index (χ2n) is 3.88. The summed E-state index contributed by atoms with van der Waals surface area (Å²) in [6.45, 7) is 3.01. The highest BCUT2D eigenvalue weighted by atomic mass is 16.7. The highest BCUT2D eigenvalue weighted by Gasteiger charge is 2.44. The fourth-order valence-electron chi connectivity index (χ4n) is 1.53. The first-order chi connectivity index (χ1) is 6.97. The van der Waals surface area contributed by atoms with E-state index >= 15 is 0 Å². The van der Waals surface area contributed by atoms with Crippen molar-refractivity contribution in [3.8, 4) is 0 Å². The average molecular weight is 222 g/mol. The lowest BCUT2D eigenvalue weighted by atomic mass is 9.99. The van der Waals surface area contributed by atoms with Crippen LogP contribution in [0, 0.1) is 0 Å². The SMILES string of the molecule is CC(C)O[C@@H]1[C@@H](O)[C@@H](O)[C@@H](CO)O[C@H]1O. The zero-order chi connectivity index (χ0) is 11.6. The summed E-state index contributed by atoms with van der Waals surface area (Å²) in [6, 6.07) is 0. The summed E-state index contributed by atoms with van der Waals surface area (Å²) in [7, 11) is 0. The number of aliphatic hydroxyl groups is 4. The molecule has 1 fully saturated rings. The Labute approximate surface area is 88.1 Å². The monoisotopic (exact) mass is 222 g/mol. The van der Waals surface area contributed by atoms with Gasteiger partial charge in [-0.05, 0) is 13.8 Å². The minimum Gasteiger partial charge on any atom is -0.394 e. The Morgan fingerprint density at radius 3 is 2.27 bits per heavy atom. The molecule has 0 aliphatic carbocycles. The van der Waals surface area contributed by atoms with E-state index in [1.807, 2.05) is 0 Å². The van der Waals surface area contributed by atoms with Gasteiger partial charge in [0.05, 0.1) is 12.7 Å². The normalized spacial score (nSPS) is 42.2. The van der Waals surface area contributed by atoms with Crippen molar-refractivity contribution < 1.29 is 29.9 Å². The summed E-state index contributed by atoms with van der Waals surface area (Å²) < 4.78 is 10.1. The van der Waals surface area contributed by atoms with Crippen LogP contribution in [0.15, 0.2) is 0 Å². The Morgan fingerprint density at radius 1 is 1.20 bits per heavy atom. The van der Waals surface area contributed by atoms with E-state index in [0.29, 0.717) is 0 Å². The summed E-state index contributed by atoms with van der Waals surface area (Å²) >= 11 is 0. The summed E-state index contributed by atoms with van der Waals surface area (Å²) in [5.41, 5.74) is 0. The molecule has 4 N–H and O–H groups in total. The molecule has 0 spiro atoms. The molecule has 0 bridgehead atoms. The lowest BCUT2D eigenvalue weighted by molar-refractivity contribution is -0.301. The molecular formula is C9H18O6. The number of hydrogen-bond acceptors (Lipinski definition) is 6. The Balaban J connectivity index is 2.66. The second-order valence-corrected chi connectivity index (χ2v) is 3.88. The first kappa shape index (κ1) is 12.8. The van der Waals surface area contributed by atoms with Crippen LogP contribution in [0.5, 0.6) is 0 Å². The fraction of sp³-hybridized carbons (Fsp3) is 1.00. The molecule has 1 aliphatic rings. The summed E-state index contributed by atoms with van der Waals surface area (Å²) in [5, 5.41) is 37.4. The Bertz CT molecular complexity index is 197. The predicted octanol–water partition coefficient (Wildman–Crippen LogP) is -1.79. The minimum absolute atomic E-state index is 0.208. The molecule has 1 heterocycles. The van der Waals surface area contributed by atoms with Gasteiger partial charge in [0.1, 0.15) is 24.4 Å². The molecule has 6 heteroatoms. The molecule has 0 aromatic carbocycles. The molecule has 1 aliphatic heterocycles. The van der Waals surface area contributed by atoms with Crippen LogP contribution in [0.2, 0.25) is 0 Å². The largest absolute Gasteiger partial charge is 0.394 e. The van der Waals surface area contributed by atoms with E-state index in [1.54, 1.807) is 13.8 Å². The Hall–Kier alpha value is -0.240. The molecular weight excluding hydrogens is 204 g/mol.